The standard InChI is InChI=1S/C24H32N4O5S/c1-15(2)13-25-21(30)14-27-22(12-20(29)24(3,4)5)34-19(23(27)31)11-16-8-9-17(26(6)7)18(10-16)28(32)33/h8-12,15H,13-14H2,1-7H3,(H,25,30)/b19-11-,22-12+. The molecule has 0 aliphatic rings. The molecule has 1 heterocycles. The molecule has 0 aliphatic carbocycles. The number of rotatable bonds is 8. The molecule has 2 rings (SSSR count). The number of aromatic nitrogens is 1. The maximum absolute atomic E-state index is 13.2. The predicted molar refractivity (Wildman–Crippen MR) is 136 cm³/mol. The van der Waals surface area contributed by atoms with Crippen molar-refractivity contribution >= 4 is 46.6 Å². The second kappa shape index (κ2) is 10.8. The Hall–Kier alpha value is -3.27. The fraction of sp³-hybridized carbons (Fsp3) is 0.458. The van der Waals surface area contributed by atoms with Crippen molar-refractivity contribution in [3.63, 3.8) is 0 Å². The van der Waals surface area contributed by atoms with Gasteiger partial charge in [0.15, 0.2) is 5.78 Å². The first-order chi connectivity index (χ1) is 15.7. The molecule has 184 valence electrons. The Balaban J connectivity index is 2.65. The molecular formula is C24H32N4O5S. The Morgan fingerprint density at radius 3 is 2.44 bits per heavy atom. The van der Waals surface area contributed by atoms with Crippen molar-refractivity contribution in [3.8, 4) is 0 Å². The second-order valence-electron chi connectivity index (χ2n) is 9.70. The van der Waals surface area contributed by atoms with Crippen LogP contribution in [-0.2, 0) is 16.1 Å². The second-order valence-corrected chi connectivity index (χ2v) is 10.8. The van der Waals surface area contributed by atoms with Gasteiger partial charge in [-0.2, -0.15) is 0 Å². The average Bonchev–Trinajstić information content (AvgIpc) is 3.00. The van der Waals surface area contributed by atoms with Gasteiger partial charge >= 0.3 is 0 Å². The average molecular weight is 489 g/mol. The first-order valence-electron chi connectivity index (χ1n) is 10.9. The van der Waals surface area contributed by atoms with Crippen LogP contribution in [-0.4, -0.2) is 41.8 Å². The van der Waals surface area contributed by atoms with Crippen LogP contribution in [0.5, 0.6) is 0 Å². The van der Waals surface area contributed by atoms with Gasteiger partial charge in [-0.25, -0.2) is 0 Å². The van der Waals surface area contributed by atoms with E-state index in [2.05, 4.69) is 5.32 Å². The van der Waals surface area contributed by atoms with Gasteiger partial charge in [0, 0.05) is 38.2 Å². The zero-order chi connectivity index (χ0) is 25.8. The largest absolute Gasteiger partial charge is 0.372 e. The number of thiazole rings is 1. The van der Waals surface area contributed by atoms with E-state index < -0.39 is 15.9 Å². The number of hydrogen-bond acceptors (Lipinski definition) is 7. The molecule has 0 atom stereocenters. The Bertz CT molecular complexity index is 1270. The maximum Gasteiger partial charge on any atom is 0.293 e. The van der Waals surface area contributed by atoms with Crippen molar-refractivity contribution in [3.05, 3.63) is 53.4 Å². The Labute approximate surface area is 202 Å². The minimum atomic E-state index is -0.655. The first kappa shape index (κ1) is 27.0. The third kappa shape index (κ3) is 6.86. The van der Waals surface area contributed by atoms with E-state index in [1.807, 2.05) is 13.8 Å². The molecule has 1 aromatic heterocycles. The van der Waals surface area contributed by atoms with Crippen LogP contribution >= 0.6 is 11.3 Å². The molecule has 1 N–H and O–H groups in total. The van der Waals surface area contributed by atoms with Gasteiger partial charge in [-0.3, -0.25) is 29.1 Å². The van der Waals surface area contributed by atoms with E-state index in [1.54, 1.807) is 58.0 Å². The number of nitrogens with zero attached hydrogens (tertiary/aromatic N) is 3. The van der Waals surface area contributed by atoms with E-state index in [1.165, 1.54) is 16.7 Å². The zero-order valence-electron chi connectivity index (χ0n) is 20.7. The summed E-state index contributed by atoms with van der Waals surface area (Å²) in [6.07, 6.45) is 2.93. The van der Waals surface area contributed by atoms with Gasteiger partial charge in [-0.05, 0) is 23.6 Å². The maximum atomic E-state index is 13.2. The summed E-state index contributed by atoms with van der Waals surface area (Å²) in [6, 6.07) is 4.70. The summed E-state index contributed by atoms with van der Waals surface area (Å²) in [7, 11) is 3.42. The molecule has 0 spiro atoms. The van der Waals surface area contributed by atoms with E-state index in [9.17, 15) is 24.5 Å². The first-order valence-corrected chi connectivity index (χ1v) is 11.7. The number of nitro benzene ring substituents is 1. The molecule has 0 bridgehead atoms. The summed E-state index contributed by atoms with van der Waals surface area (Å²) in [4.78, 5) is 50.9. The molecule has 0 saturated heterocycles. The van der Waals surface area contributed by atoms with Crippen LogP contribution in [0.4, 0.5) is 11.4 Å². The SMILES string of the molecule is CC(C)CNC(=O)Cn1c(=O)/c(=C/c2ccc(N(C)C)c([N+](=O)[O-])c2)s/c1=C/C(=O)C(C)(C)C. The Morgan fingerprint density at radius 2 is 1.91 bits per heavy atom. The van der Waals surface area contributed by atoms with Crippen LogP contribution in [0.25, 0.3) is 12.2 Å². The number of nitro groups is 1. The summed E-state index contributed by atoms with van der Waals surface area (Å²) in [6.45, 7) is 9.50. The van der Waals surface area contributed by atoms with Gasteiger partial charge in [0.2, 0.25) is 5.91 Å². The minimum absolute atomic E-state index is 0.0848. The van der Waals surface area contributed by atoms with E-state index >= 15 is 0 Å². The molecule has 1 amide bonds. The smallest absolute Gasteiger partial charge is 0.293 e. The van der Waals surface area contributed by atoms with Crippen LogP contribution in [0, 0.1) is 21.4 Å². The number of hydrogen-bond donors (Lipinski definition) is 1. The number of amides is 1. The quantitative estimate of drug-likeness (QED) is 0.448. The fourth-order valence-corrected chi connectivity index (χ4v) is 3.99. The molecular weight excluding hydrogens is 456 g/mol. The summed E-state index contributed by atoms with van der Waals surface area (Å²) >= 11 is 1.07. The normalized spacial score (nSPS) is 12.8. The zero-order valence-corrected chi connectivity index (χ0v) is 21.5. The van der Waals surface area contributed by atoms with Crippen LogP contribution in [0.1, 0.15) is 40.2 Å². The number of ketones is 1. The van der Waals surface area contributed by atoms with E-state index in [-0.39, 0.29) is 34.4 Å². The third-order valence-electron chi connectivity index (χ3n) is 4.92. The predicted octanol–water partition coefficient (Wildman–Crippen LogP) is 1.88. The Morgan fingerprint density at radius 1 is 1.26 bits per heavy atom. The molecule has 9 nitrogen and oxygen atoms in total. The van der Waals surface area contributed by atoms with Crippen LogP contribution in [0.3, 0.4) is 0 Å². The molecule has 2 aromatic rings. The van der Waals surface area contributed by atoms with Crippen molar-refractivity contribution in [2.45, 2.75) is 41.2 Å². The van der Waals surface area contributed by atoms with Crippen LogP contribution in [0.15, 0.2) is 23.0 Å². The van der Waals surface area contributed by atoms with Crippen molar-refractivity contribution < 1.29 is 14.5 Å². The molecule has 34 heavy (non-hydrogen) atoms. The topological polar surface area (TPSA) is 115 Å². The fourth-order valence-electron chi connectivity index (χ4n) is 2.94. The highest BCUT2D eigenvalue weighted by molar-refractivity contribution is 7.07. The van der Waals surface area contributed by atoms with Gasteiger partial charge in [0.05, 0.1) is 9.46 Å². The van der Waals surface area contributed by atoms with Crippen molar-refractivity contribution in [2.24, 2.45) is 11.3 Å². The van der Waals surface area contributed by atoms with E-state index in [0.29, 0.717) is 22.5 Å². The molecule has 0 fully saturated rings. The molecule has 0 aliphatic heterocycles. The lowest BCUT2D eigenvalue weighted by Gasteiger charge is -2.13. The third-order valence-corrected chi connectivity index (χ3v) is 5.97. The summed E-state index contributed by atoms with van der Waals surface area (Å²) in [5.41, 5.74) is -0.259. The number of anilines is 1. The number of nitrogens with one attached hydrogen (secondary N) is 1. The van der Waals surface area contributed by atoms with E-state index in [4.69, 9.17) is 0 Å². The highest BCUT2D eigenvalue weighted by Gasteiger charge is 2.20. The van der Waals surface area contributed by atoms with Crippen molar-refractivity contribution in [1.29, 1.82) is 0 Å². The van der Waals surface area contributed by atoms with Crippen LogP contribution < -0.4 is 25.0 Å². The number of Topliss-reactive ketones (excluding diaryl/α,β-unsaturated/α-hetero) is 1. The molecule has 0 saturated carbocycles. The Kier molecular flexibility index (Phi) is 8.55. The van der Waals surface area contributed by atoms with Gasteiger partial charge in [-0.1, -0.05) is 40.7 Å². The van der Waals surface area contributed by atoms with Gasteiger partial charge in [-0.15, -0.1) is 11.3 Å². The summed E-state index contributed by atoms with van der Waals surface area (Å²) in [5, 5.41) is 14.3. The molecule has 10 heteroatoms. The molecule has 1 aromatic carbocycles. The monoisotopic (exact) mass is 488 g/mol. The highest BCUT2D eigenvalue weighted by Crippen LogP contribution is 2.27. The van der Waals surface area contributed by atoms with Gasteiger partial charge in [0.25, 0.3) is 11.2 Å². The van der Waals surface area contributed by atoms with Gasteiger partial charge in [0.1, 0.15) is 16.9 Å². The van der Waals surface area contributed by atoms with E-state index in [0.717, 1.165) is 11.3 Å². The lowest BCUT2D eigenvalue weighted by Crippen LogP contribution is -2.39. The number of carbonyl (C=O) groups excluding carboxylic acids is 2. The highest BCUT2D eigenvalue weighted by atomic mass is 32.1. The minimum Gasteiger partial charge on any atom is -0.372 e. The molecule has 0 unspecified atom stereocenters. The van der Waals surface area contributed by atoms with Crippen molar-refractivity contribution in [2.75, 3.05) is 25.5 Å². The van der Waals surface area contributed by atoms with Crippen LogP contribution in [0.2, 0.25) is 0 Å². The lowest BCUT2D eigenvalue weighted by molar-refractivity contribution is -0.384. The summed E-state index contributed by atoms with van der Waals surface area (Å²) < 4.78 is 1.91. The number of carbonyl (C=O) groups is 2. The lowest BCUT2D eigenvalue weighted by atomic mass is 9.91. The van der Waals surface area contributed by atoms with Crippen molar-refractivity contribution in [1.82, 2.24) is 9.88 Å². The molecule has 0 radical (unpaired) electrons. The summed E-state index contributed by atoms with van der Waals surface area (Å²) in [5.74, 6) is -0.256. The number of benzene rings is 1. The van der Waals surface area contributed by atoms with Gasteiger partial charge < -0.3 is 10.2 Å².